The highest BCUT2D eigenvalue weighted by Crippen LogP contribution is 2.28. The number of carbonyl (C=O) groups excluding carboxylic acids is 1. The van der Waals surface area contributed by atoms with Crippen molar-refractivity contribution in [2.75, 3.05) is 13.1 Å². The molecule has 0 aromatic carbocycles. The standard InChI is InChI=1S/C20H24N4O3/c1-12(2)24-19-16(9-21-24)15(8-17(22-19)18-6-5-7-26-18)20(25)23-10-13(3)27-14(4)11-23/h5-9,12-14H,10-11H2,1-4H3. The molecule has 0 spiro atoms. The van der Waals surface area contributed by atoms with Crippen LogP contribution in [0.25, 0.3) is 22.5 Å². The summed E-state index contributed by atoms with van der Waals surface area (Å²) in [6.07, 6.45) is 3.36. The van der Waals surface area contributed by atoms with Crippen LogP contribution in [0.4, 0.5) is 0 Å². The second-order valence-electron chi connectivity index (χ2n) is 7.42. The van der Waals surface area contributed by atoms with Gasteiger partial charge in [-0.1, -0.05) is 0 Å². The highest BCUT2D eigenvalue weighted by molar-refractivity contribution is 6.06. The van der Waals surface area contributed by atoms with Crippen LogP contribution in [0.3, 0.4) is 0 Å². The number of carbonyl (C=O) groups is 1. The normalized spacial score (nSPS) is 20.6. The Labute approximate surface area is 157 Å². The Balaban J connectivity index is 1.84. The molecular formula is C20H24N4O3. The lowest BCUT2D eigenvalue weighted by Crippen LogP contribution is -2.48. The lowest BCUT2D eigenvalue weighted by Gasteiger charge is -2.35. The van der Waals surface area contributed by atoms with E-state index in [1.54, 1.807) is 18.5 Å². The van der Waals surface area contributed by atoms with Crippen molar-refractivity contribution >= 4 is 16.9 Å². The van der Waals surface area contributed by atoms with E-state index in [1.807, 2.05) is 49.4 Å². The molecule has 0 saturated carbocycles. The lowest BCUT2D eigenvalue weighted by atomic mass is 10.1. The molecule has 3 aromatic rings. The number of nitrogens with zero attached hydrogens (tertiary/aromatic N) is 4. The molecule has 1 fully saturated rings. The van der Waals surface area contributed by atoms with Crippen molar-refractivity contribution in [2.24, 2.45) is 0 Å². The second-order valence-corrected chi connectivity index (χ2v) is 7.42. The van der Waals surface area contributed by atoms with Gasteiger partial charge in [-0.15, -0.1) is 0 Å². The average molecular weight is 368 g/mol. The summed E-state index contributed by atoms with van der Waals surface area (Å²) in [7, 11) is 0. The predicted molar refractivity (Wildman–Crippen MR) is 102 cm³/mol. The monoisotopic (exact) mass is 368 g/mol. The van der Waals surface area contributed by atoms with Gasteiger partial charge in [-0.05, 0) is 45.9 Å². The maximum atomic E-state index is 13.4. The summed E-state index contributed by atoms with van der Waals surface area (Å²) >= 11 is 0. The van der Waals surface area contributed by atoms with Crippen molar-refractivity contribution in [3.05, 3.63) is 36.2 Å². The number of furan rings is 1. The number of amides is 1. The molecule has 4 heterocycles. The Kier molecular flexibility index (Phi) is 4.47. The second kappa shape index (κ2) is 6.81. The van der Waals surface area contributed by atoms with E-state index >= 15 is 0 Å². The fourth-order valence-electron chi connectivity index (χ4n) is 3.64. The quantitative estimate of drug-likeness (QED) is 0.707. The van der Waals surface area contributed by atoms with Crippen LogP contribution < -0.4 is 0 Å². The van der Waals surface area contributed by atoms with Crippen LogP contribution in [0.2, 0.25) is 0 Å². The van der Waals surface area contributed by atoms with Gasteiger partial charge >= 0.3 is 0 Å². The van der Waals surface area contributed by atoms with Crippen LogP contribution in [0, 0.1) is 0 Å². The topological polar surface area (TPSA) is 73.4 Å². The fourth-order valence-corrected chi connectivity index (χ4v) is 3.64. The maximum Gasteiger partial charge on any atom is 0.254 e. The summed E-state index contributed by atoms with van der Waals surface area (Å²) in [6.45, 7) is 9.20. The Bertz CT molecular complexity index is 951. The van der Waals surface area contributed by atoms with Gasteiger partial charge < -0.3 is 14.1 Å². The Morgan fingerprint density at radius 3 is 2.63 bits per heavy atom. The van der Waals surface area contributed by atoms with E-state index in [4.69, 9.17) is 14.1 Å². The molecule has 3 aromatic heterocycles. The minimum absolute atomic E-state index is 0.0120. The Morgan fingerprint density at radius 2 is 2.00 bits per heavy atom. The van der Waals surface area contributed by atoms with Gasteiger partial charge in [0.25, 0.3) is 5.91 Å². The minimum atomic E-state index is -0.0273. The predicted octanol–water partition coefficient (Wildman–Crippen LogP) is 3.52. The van der Waals surface area contributed by atoms with Gasteiger partial charge in [0.15, 0.2) is 11.4 Å². The van der Waals surface area contributed by atoms with E-state index < -0.39 is 0 Å². The Hall–Kier alpha value is -2.67. The van der Waals surface area contributed by atoms with Crippen molar-refractivity contribution in [1.82, 2.24) is 19.7 Å². The van der Waals surface area contributed by atoms with Gasteiger partial charge in [-0.3, -0.25) is 4.79 Å². The number of morpholine rings is 1. The van der Waals surface area contributed by atoms with Gasteiger partial charge in [0.05, 0.1) is 35.6 Å². The highest BCUT2D eigenvalue weighted by atomic mass is 16.5. The molecule has 1 saturated heterocycles. The van der Waals surface area contributed by atoms with E-state index in [0.29, 0.717) is 35.8 Å². The summed E-state index contributed by atoms with van der Waals surface area (Å²) in [4.78, 5) is 20.0. The number of ether oxygens (including phenoxy) is 1. The summed E-state index contributed by atoms with van der Waals surface area (Å²) < 4.78 is 13.1. The summed E-state index contributed by atoms with van der Waals surface area (Å²) in [5, 5.41) is 5.22. The first-order valence-electron chi connectivity index (χ1n) is 9.31. The number of hydrogen-bond acceptors (Lipinski definition) is 5. The van der Waals surface area contributed by atoms with E-state index in [2.05, 4.69) is 5.10 Å². The van der Waals surface area contributed by atoms with Crippen molar-refractivity contribution < 1.29 is 13.9 Å². The van der Waals surface area contributed by atoms with Gasteiger partial charge in [0, 0.05) is 19.1 Å². The van der Waals surface area contributed by atoms with Gasteiger partial charge in [-0.25, -0.2) is 9.67 Å². The van der Waals surface area contributed by atoms with Crippen LogP contribution in [0.5, 0.6) is 0 Å². The van der Waals surface area contributed by atoms with Crippen LogP contribution in [-0.4, -0.2) is 50.9 Å². The number of aromatic nitrogens is 3. The molecule has 1 amide bonds. The summed E-state index contributed by atoms with van der Waals surface area (Å²) in [5.74, 6) is 0.603. The van der Waals surface area contributed by atoms with E-state index in [-0.39, 0.29) is 24.2 Å². The van der Waals surface area contributed by atoms with Gasteiger partial charge in [-0.2, -0.15) is 5.10 Å². The molecule has 0 N–H and O–H groups in total. The Morgan fingerprint density at radius 1 is 1.26 bits per heavy atom. The molecule has 2 atom stereocenters. The van der Waals surface area contributed by atoms with Crippen LogP contribution in [0.15, 0.2) is 35.1 Å². The van der Waals surface area contributed by atoms with Gasteiger partial charge in [0.2, 0.25) is 0 Å². The zero-order valence-corrected chi connectivity index (χ0v) is 16.0. The molecule has 7 nitrogen and oxygen atoms in total. The molecule has 2 unspecified atom stereocenters. The molecule has 1 aliphatic rings. The largest absolute Gasteiger partial charge is 0.463 e. The first kappa shape index (κ1) is 17.7. The first-order chi connectivity index (χ1) is 12.9. The first-order valence-corrected chi connectivity index (χ1v) is 9.31. The molecule has 0 bridgehead atoms. The van der Waals surface area contributed by atoms with E-state index in [1.165, 1.54) is 0 Å². The molecule has 1 aliphatic heterocycles. The maximum absolute atomic E-state index is 13.4. The van der Waals surface area contributed by atoms with Crippen LogP contribution in [0.1, 0.15) is 44.1 Å². The highest BCUT2D eigenvalue weighted by Gasteiger charge is 2.29. The molecule has 27 heavy (non-hydrogen) atoms. The lowest BCUT2D eigenvalue weighted by molar-refractivity contribution is -0.0585. The molecule has 4 rings (SSSR count). The SMILES string of the molecule is CC1CN(C(=O)c2cc(-c3ccco3)nc3c2cnn3C(C)C)CC(C)O1. The molecule has 142 valence electrons. The zero-order chi connectivity index (χ0) is 19.1. The van der Waals surface area contributed by atoms with Gasteiger partial charge in [0.1, 0.15) is 5.69 Å². The number of rotatable bonds is 3. The molecule has 0 radical (unpaired) electrons. The zero-order valence-electron chi connectivity index (χ0n) is 16.0. The third-order valence-corrected chi connectivity index (χ3v) is 4.77. The van der Waals surface area contributed by atoms with E-state index in [0.717, 1.165) is 5.39 Å². The average Bonchev–Trinajstić information content (AvgIpc) is 3.28. The number of pyridine rings is 1. The van der Waals surface area contributed by atoms with Crippen molar-refractivity contribution in [3.63, 3.8) is 0 Å². The third-order valence-electron chi connectivity index (χ3n) is 4.77. The smallest absolute Gasteiger partial charge is 0.254 e. The molecular weight excluding hydrogens is 344 g/mol. The van der Waals surface area contributed by atoms with Crippen molar-refractivity contribution in [1.29, 1.82) is 0 Å². The van der Waals surface area contributed by atoms with E-state index in [9.17, 15) is 4.79 Å². The molecule has 0 aliphatic carbocycles. The van der Waals surface area contributed by atoms with Crippen LogP contribution in [-0.2, 0) is 4.74 Å². The fraction of sp³-hybridized carbons (Fsp3) is 0.450. The van der Waals surface area contributed by atoms with Crippen LogP contribution >= 0.6 is 0 Å². The van der Waals surface area contributed by atoms with Crippen molar-refractivity contribution in [3.8, 4) is 11.5 Å². The number of hydrogen-bond donors (Lipinski definition) is 0. The molecule has 7 heteroatoms. The third kappa shape index (κ3) is 3.23. The summed E-state index contributed by atoms with van der Waals surface area (Å²) in [6, 6.07) is 5.60. The van der Waals surface area contributed by atoms with Crippen molar-refractivity contribution in [2.45, 2.75) is 45.9 Å². The number of fused-ring (bicyclic) bond motifs is 1. The summed E-state index contributed by atoms with van der Waals surface area (Å²) in [5.41, 5.74) is 1.92. The minimum Gasteiger partial charge on any atom is -0.463 e.